The minimum atomic E-state index is -0.531. The Morgan fingerprint density at radius 1 is 1.09 bits per heavy atom. The summed E-state index contributed by atoms with van der Waals surface area (Å²) in [6.07, 6.45) is 1.95. The number of aliphatic imine (C=N–C) groups is 1. The van der Waals surface area contributed by atoms with Crippen molar-refractivity contribution in [1.82, 2.24) is 4.57 Å². The van der Waals surface area contributed by atoms with Crippen molar-refractivity contribution in [3.05, 3.63) is 80.1 Å². The SMILES string of the molecule is COc1ccc(CCn2c(O)c(C=Nc3ccc(C)cc3C)c(C)c(C#N)c2=O)cc1OC. The van der Waals surface area contributed by atoms with Crippen molar-refractivity contribution in [1.29, 1.82) is 5.26 Å². The van der Waals surface area contributed by atoms with E-state index in [9.17, 15) is 15.2 Å². The zero-order valence-corrected chi connectivity index (χ0v) is 19.5. The Labute approximate surface area is 193 Å². The largest absolute Gasteiger partial charge is 0.494 e. The number of rotatable bonds is 7. The van der Waals surface area contributed by atoms with Gasteiger partial charge in [-0.15, -0.1) is 0 Å². The highest BCUT2D eigenvalue weighted by molar-refractivity contribution is 5.87. The van der Waals surface area contributed by atoms with Crippen molar-refractivity contribution in [2.24, 2.45) is 4.99 Å². The zero-order chi connectivity index (χ0) is 24.1. The summed E-state index contributed by atoms with van der Waals surface area (Å²) in [5.74, 6) is 0.966. The van der Waals surface area contributed by atoms with Gasteiger partial charge in [0.15, 0.2) is 11.5 Å². The number of hydrogen-bond donors (Lipinski definition) is 1. The summed E-state index contributed by atoms with van der Waals surface area (Å²) in [5, 5.41) is 20.5. The molecular formula is C26H27N3O4. The maximum atomic E-state index is 12.9. The van der Waals surface area contributed by atoms with Crippen LogP contribution < -0.4 is 15.0 Å². The molecule has 0 radical (unpaired) electrons. The molecule has 0 saturated heterocycles. The van der Waals surface area contributed by atoms with E-state index in [1.165, 1.54) is 10.8 Å². The van der Waals surface area contributed by atoms with Crippen LogP contribution in [0.3, 0.4) is 0 Å². The molecule has 3 rings (SSSR count). The van der Waals surface area contributed by atoms with Gasteiger partial charge in [-0.2, -0.15) is 5.26 Å². The van der Waals surface area contributed by atoms with E-state index in [1.54, 1.807) is 27.2 Å². The Hall–Kier alpha value is -4.05. The molecule has 0 spiro atoms. The van der Waals surface area contributed by atoms with E-state index in [0.717, 1.165) is 22.4 Å². The molecule has 7 heteroatoms. The van der Waals surface area contributed by atoms with Crippen molar-refractivity contribution in [2.45, 2.75) is 33.7 Å². The van der Waals surface area contributed by atoms with Crippen LogP contribution in [-0.2, 0) is 13.0 Å². The summed E-state index contributed by atoms with van der Waals surface area (Å²) in [6.45, 7) is 5.78. The van der Waals surface area contributed by atoms with Gasteiger partial charge in [0.05, 0.1) is 25.5 Å². The number of aromatic hydroxyl groups is 1. The molecule has 0 atom stereocenters. The lowest BCUT2D eigenvalue weighted by Gasteiger charge is -2.15. The van der Waals surface area contributed by atoms with E-state index in [1.807, 2.05) is 50.2 Å². The fourth-order valence-electron chi connectivity index (χ4n) is 3.69. The predicted octanol–water partition coefficient (Wildman–Crippen LogP) is 4.36. The number of nitriles is 1. The number of pyridine rings is 1. The minimum absolute atomic E-state index is 0.0119. The van der Waals surface area contributed by atoms with Crippen LogP contribution in [0.2, 0.25) is 0 Å². The van der Waals surface area contributed by atoms with Gasteiger partial charge in [-0.05, 0) is 62.1 Å². The van der Waals surface area contributed by atoms with Crippen LogP contribution in [0.25, 0.3) is 0 Å². The summed E-state index contributed by atoms with van der Waals surface area (Å²) in [4.78, 5) is 17.4. The monoisotopic (exact) mass is 445 g/mol. The Balaban J connectivity index is 2.00. The van der Waals surface area contributed by atoms with E-state index in [-0.39, 0.29) is 18.0 Å². The number of aromatic nitrogens is 1. The van der Waals surface area contributed by atoms with Gasteiger partial charge in [-0.3, -0.25) is 14.4 Å². The van der Waals surface area contributed by atoms with Crippen LogP contribution in [0.15, 0.2) is 46.2 Å². The lowest BCUT2D eigenvalue weighted by atomic mass is 10.1. The number of aryl methyl sites for hydroxylation is 3. The van der Waals surface area contributed by atoms with E-state index >= 15 is 0 Å². The van der Waals surface area contributed by atoms with Crippen LogP contribution in [-0.4, -0.2) is 30.1 Å². The Kier molecular flexibility index (Phi) is 7.19. The summed E-state index contributed by atoms with van der Waals surface area (Å²) in [7, 11) is 3.12. The predicted molar refractivity (Wildman–Crippen MR) is 128 cm³/mol. The van der Waals surface area contributed by atoms with E-state index < -0.39 is 5.56 Å². The second-order valence-corrected chi connectivity index (χ2v) is 7.79. The first-order valence-corrected chi connectivity index (χ1v) is 10.5. The van der Waals surface area contributed by atoms with E-state index in [0.29, 0.717) is 29.0 Å². The smallest absolute Gasteiger partial charge is 0.271 e. The van der Waals surface area contributed by atoms with Crippen LogP contribution >= 0.6 is 0 Å². The normalized spacial score (nSPS) is 10.9. The second kappa shape index (κ2) is 10.0. The van der Waals surface area contributed by atoms with Crippen molar-refractivity contribution in [3.8, 4) is 23.4 Å². The first-order valence-electron chi connectivity index (χ1n) is 10.5. The molecule has 0 amide bonds. The van der Waals surface area contributed by atoms with Gasteiger partial charge in [-0.1, -0.05) is 23.8 Å². The molecular weight excluding hydrogens is 418 g/mol. The summed E-state index contributed by atoms with van der Waals surface area (Å²) >= 11 is 0. The lowest BCUT2D eigenvalue weighted by molar-refractivity contribution is 0.354. The standard InChI is InChI=1S/C26H27N3O4/c1-16-6-8-22(17(2)12-16)28-15-21-18(3)20(14-27)25(30)29(26(21)31)11-10-19-7-9-23(32-4)24(13-19)33-5/h6-9,12-13,15,31H,10-11H2,1-5H3. The van der Waals surface area contributed by atoms with Gasteiger partial charge in [0, 0.05) is 12.8 Å². The highest BCUT2D eigenvalue weighted by atomic mass is 16.5. The molecule has 170 valence electrons. The van der Waals surface area contributed by atoms with Gasteiger partial charge in [-0.25, -0.2) is 0 Å². The highest BCUT2D eigenvalue weighted by Crippen LogP contribution is 2.28. The first kappa shape index (κ1) is 23.6. The maximum absolute atomic E-state index is 12.9. The van der Waals surface area contributed by atoms with Gasteiger partial charge in [0.1, 0.15) is 11.6 Å². The molecule has 0 fully saturated rings. The summed E-state index contributed by atoms with van der Waals surface area (Å²) in [5.41, 5.74) is 3.96. The van der Waals surface area contributed by atoms with Crippen molar-refractivity contribution < 1.29 is 14.6 Å². The Morgan fingerprint density at radius 2 is 1.82 bits per heavy atom. The summed E-state index contributed by atoms with van der Waals surface area (Å²) in [6, 6.07) is 13.3. The molecule has 1 aromatic heterocycles. The third-order valence-electron chi connectivity index (χ3n) is 5.60. The minimum Gasteiger partial charge on any atom is -0.494 e. The third kappa shape index (κ3) is 4.90. The number of benzene rings is 2. The average Bonchev–Trinajstić information content (AvgIpc) is 2.80. The number of hydrogen-bond acceptors (Lipinski definition) is 6. The van der Waals surface area contributed by atoms with E-state index in [4.69, 9.17) is 9.47 Å². The molecule has 0 aliphatic rings. The number of ether oxygens (including phenoxy) is 2. The van der Waals surface area contributed by atoms with Crippen molar-refractivity contribution in [3.63, 3.8) is 0 Å². The molecule has 0 saturated carbocycles. The quantitative estimate of drug-likeness (QED) is 0.545. The average molecular weight is 446 g/mol. The number of methoxy groups -OCH3 is 2. The van der Waals surface area contributed by atoms with Crippen LogP contribution in [0.1, 0.15) is 33.4 Å². The second-order valence-electron chi connectivity index (χ2n) is 7.79. The van der Waals surface area contributed by atoms with Gasteiger partial charge in [0.2, 0.25) is 5.88 Å². The molecule has 2 aromatic carbocycles. The van der Waals surface area contributed by atoms with Crippen LogP contribution in [0, 0.1) is 32.1 Å². The van der Waals surface area contributed by atoms with Crippen molar-refractivity contribution >= 4 is 11.9 Å². The lowest BCUT2D eigenvalue weighted by Crippen LogP contribution is -2.26. The van der Waals surface area contributed by atoms with Gasteiger partial charge >= 0.3 is 0 Å². The van der Waals surface area contributed by atoms with Gasteiger partial charge in [0.25, 0.3) is 5.56 Å². The Bertz CT molecular complexity index is 1320. The number of nitrogens with zero attached hydrogens (tertiary/aromatic N) is 3. The molecule has 0 aliphatic carbocycles. The summed E-state index contributed by atoms with van der Waals surface area (Å²) < 4.78 is 11.8. The molecule has 0 bridgehead atoms. The van der Waals surface area contributed by atoms with Crippen molar-refractivity contribution in [2.75, 3.05) is 14.2 Å². The molecule has 3 aromatic rings. The third-order valence-corrected chi connectivity index (χ3v) is 5.60. The molecule has 1 N–H and O–H groups in total. The van der Waals surface area contributed by atoms with Crippen LogP contribution in [0.4, 0.5) is 5.69 Å². The maximum Gasteiger partial charge on any atom is 0.271 e. The molecule has 1 heterocycles. The Morgan fingerprint density at radius 3 is 2.45 bits per heavy atom. The molecule has 7 nitrogen and oxygen atoms in total. The van der Waals surface area contributed by atoms with Crippen LogP contribution in [0.5, 0.6) is 17.4 Å². The van der Waals surface area contributed by atoms with E-state index in [2.05, 4.69) is 4.99 Å². The zero-order valence-electron chi connectivity index (χ0n) is 19.5. The van der Waals surface area contributed by atoms with Gasteiger partial charge < -0.3 is 14.6 Å². The highest BCUT2D eigenvalue weighted by Gasteiger charge is 2.18. The molecule has 0 aliphatic heterocycles. The fraction of sp³-hybridized carbons (Fsp3) is 0.269. The first-order chi connectivity index (χ1) is 15.8. The molecule has 33 heavy (non-hydrogen) atoms. The topological polar surface area (TPSA) is 96.8 Å². The fourth-order valence-corrected chi connectivity index (χ4v) is 3.69. The molecule has 0 unspecified atom stereocenters.